The molecule has 0 unspecified atom stereocenters. The fourth-order valence-electron chi connectivity index (χ4n) is 2.87. The summed E-state index contributed by atoms with van der Waals surface area (Å²) < 4.78 is 37.2. The second-order valence-corrected chi connectivity index (χ2v) is 8.52. The van der Waals surface area contributed by atoms with Crippen LogP contribution in [0.4, 0.5) is 0 Å². The zero-order chi connectivity index (χ0) is 23.8. The van der Waals surface area contributed by atoms with E-state index in [0.717, 1.165) is 0 Å². The number of nitriles is 1. The summed E-state index contributed by atoms with van der Waals surface area (Å²) in [5.41, 5.74) is 1.14. The first-order valence-corrected chi connectivity index (χ1v) is 11.5. The van der Waals surface area contributed by atoms with Crippen molar-refractivity contribution in [3.8, 4) is 11.8 Å². The molecule has 33 heavy (non-hydrogen) atoms. The Hall–Kier alpha value is -3.88. The molecule has 0 aliphatic heterocycles. The Morgan fingerprint density at radius 2 is 1.94 bits per heavy atom. The highest BCUT2D eigenvalue weighted by molar-refractivity contribution is 7.89. The van der Waals surface area contributed by atoms with Crippen LogP contribution in [0, 0.1) is 11.3 Å². The van der Waals surface area contributed by atoms with Crippen LogP contribution < -0.4 is 9.46 Å². The number of aliphatic hydroxyl groups is 1. The van der Waals surface area contributed by atoms with Crippen LogP contribution in [0.3, 0.4) is 0 Å². The largest absolute Gasteiger partial charge is 0.507 e. The lowest BCUT2D eigenvalue weighted by Gasteiger charge is -2.08. The SMILES string of the molecule is CCOc1ccc(S(=O)(=O)NCCC(=O)OCC(O)=C(C#N)c2nc3ccccc3[nH]2)cc1. The number of aromatic nitrogens is 2. The Kier molecular flexibility index (Phi) is 7.66. The van der Waals surface area contributed by atoms with Crippen molar-refractivity contribution in [1.29, 1.82) is 5.26 Å². The summed E-state index contributed by atoms with van der Waals surface area (Å²) in [6.45, 7) is 1.53. The van der Waals surface area contributed by atoms with E-state index in [0.29, 0.717) is 23.4 Å². The molecule has 0 spiro atoms. The minimum atomic E-state index is -3.81. The van der Waals surface area contributed by atoms with Crippen LogP contribution in [0.1, 0.15) is 19.2 Å². The van der Waals surface area contributed by atoms with Gasteiger partial charge in [0, 0.05) is 6.54 Å². The molecule has 2 aromatic carbocycles. The number of para-hydroxylation sites is 2. The number of aliphatic hydroxyl groups excluding tert-OH is 1. The molecule has 1 heterocycles. The zero-order valence-corrected chi connectivity index (χ0v) is 18.6. The maximum Gasteiger partial charge on any atom is 0.307 e. The highest BCUT2D eigenvalue weighted by atomic mass is 32.2. The van der Waals surface area contributed by atoms with Crippen molar-refractivity contribution in [2.75, 3.05) is 19.8 Å². The van der Waals surface area contributed by atoms with Crippen LogP contribution in [-0.4, -0.2) is 49.2 Å². The lowest BCUT2D eigenvalue weighted by molar-refractivity contribution is -0.143. The average molecular weight is 471 g/mol. The molecule has 3 aromatic rings. The molecule has 0 bridgehead atoms. The Balaban J connectivity index is 1.53. The first-order valence-electron chi connectivity index (χ1n) is 9.99. The van der Waals surface area contributed by atoms with E-state index >= 15 is 0 Å². The lowest BCUT2D eigenvalue weighted by atomic mass is 10.2. The molecule has 0 amide bonds. The standard InChI is InChI=1S/C22H22N4O6S/c1-2-31-15-7-9-16(10-8-15)33(29,30)24-12-11-21(28)32-14-20(27)17(13-23)22-25-18-5-3-4-6-19(18)26-22/h3-10,24,27H,2,11-12,14H2,1H3,(H,25,26). The van der Waals surface area contributed by atoms with Crippen LogP contribution in [-0.2, 0) is 19.6 Å². The van der Waals surface area contributed by atoms with E-state index < -0.39 is 28.4 Å². The number of ether oxygens (including phenoxy) is 2. The number of aromatic amines is 1. The van der Waals surface area contributed by atoms with Crippen LogP contribution in [0.25, 0.3) is 16.6 Å². The van der Waals surface area contributed by atoms with E-state index in [1.165, 1.54) is 24.3 Å². The number of sulfonamides is 1. The van der Waals surface area contributed by atoms with Gasteiger partial charge in [-0.25, -0.2) is 18.1 Å². The summed E-state index contributed by atoms with van der Waals surface area (Å²) in [6.07, 6.45) is -0.268. The summed E-state index contributed by atoms with van der Waals surface area (Å²) in [5.74, 6) is -0.527. The highest BCUT2D eigenvalue weighted by Gasteiger charge is 2.17. The molecular weight excluding hydrogens is 448 g/mol. The van der Waals surface area contributed by atoms with Crippen LogP contribution in [0.15, 0.2) is 59.2 Å². The van der Waals surface area contributed by atoms with Crippen molar-refractivity contribution in [2.45, 2.75) is 18.2 Å². The predicted octanol–water partition coefficient (Wildman–Crippen LogP) is 2.67. The van der Waals surface area contributed by atoms with Crippen LogP contribution >= 0.6 is 0 Å². The monoisotopic (exact) mass is 470 g/mol. The van der Waals surface area contributed by atoms with E-state index in [-0.39, 0.29) is 29.3 Å². The van der Waals surface area contributed by atoms with Gasteiger partial charge in [0.25, 0.3) is 0 Å². The van der Waals surface area contributed by atoms with Gasteiger partial charge in [0.05, 0.1) is 29.0 Å². The van der Waals surface area contributed by atoms with Crippen molar-refractivity contribution in [3.63, 3.8) is 0 Å². The maximum absolute atomic E-state index is 12.3. The van der Waals surface area contributed by atoms with Gasteiger partial charge in [0.2, 0.25) is 10.0 Å². The molecule has 0 aliphatic carbocycles. The number of imidazole rings is 1. The molecule has 10 nitrogen and oxygen atoms in total. The van der Waals surface area contributed by atoms with Gasteiger partial charge in [0.1, 0.15) is 24.0 Å². The average Bonchev–Trinajstić information content (AvgIpc) is 3.22. The predicted molar refractivity (Wildman–Crippen MR) is 120 cm³/mol. The van der Waals surface area contributed by atoms with Gasteiger partial charge in [-0.05, 0) is 43.3 Å². The molecule has 0 atom stereocenters. The fourth-order valence-corrected chi connectivity index (χ4v) is 3.90. The third-order valence-electron chi connectivity index (χ3n) is 4.46. The quantitative estimate of drug-likeness (QED) is 0.232. The number of rotatable bonds is 10. The van der Waals surface area contributed by atoms with Gasteiger partial charge < -0.3 is 19.6 Å². The molecule has 11 heteroatoms. The van der Waals surface area contributed by atoms with Gasteiger partial charge in [0.15, 0.2) is 11.6 Å². The lowest BCUT2D eigenvalue weighted by Crippen LogP contribution is -2.27. The molecule has 0 radical (unpaired) electrons. The normalized spacial score (nSPS) is 12.1. The third-order valence-corrected chi connectivity index (χ3v) is 5.94. The van der Waals surface area contributed by atoms with Gasteiger partial charge in [-0.2, -0.15) is 5.26 Å². The Labute approximate surface area is 190 Å². The number of carbonyl (C=O) groups is 1. The molecule has 0 saturated heterocycles. The second kappa shape index (κ2) is 10.6. The minimum absolute atomic E-state index is 0.0318. The fraction of sp³-hybridized carbons (Fsp3) is 0.227. The Morgan fingerprint density at radius 1 is 1.21 bits per heavy atom. The van der Waals surface area contributed by atoms with E-state index in [4.69, 9.17) is 9.47 Å². The first-order chi connectivity index (χ1) is 15.8. The van der Waals surface area contributed by atoms with E-state index in [1.54, 1.807) is 24.3 Å². The second-order valence-electron chi connectivity index (χ2n) is 6.75. The number of fused-ring (bicyclic) bond motifs is 1. The van der Waals surface area contributed by atoms with Crippen molar-refractivity contribution >= 4 is 32.6 Å². The van der Waals surface area contributed by atoms with Crippen molar-refractivity contribution in [1.82, 2.24) is 14.7 Å². The first kappa shape index (κ1) is 23.8. The van der Waals surface area contributed by atoms with Crippen LogP contribution in [0.2, 0.25) is 0 Å². The summed E-state index contributed by atoms with van der Waals surface area (Å²) >= 11 is 0. The van der Waals surface area contributed by atoms with Crippen molar-refractivity contribution in [3.05, 3.63) is 60.1 Å². The number of esters is 1. The molecular formula is C22H22N4O6S. The number of H-pyrrole nitrogens is 1. The number of allylic oxidation sites excluding steroid dienone is 1. The summed E-state index contributed by atoms with van der Waals surface area (Å²) in [6, 6.07) is 14.8. The van der Waals surface area contributed by atoms with E-state index in [9.17, 15) is 23.6 Å². The van der Waals surface area contributed by atoms with Gasteiger partial charge in [-0.15, -0.1) is 0 Å². The summed E-state index contributed by atoms with van der Waals surface area (Å²) in [5, 5.41) is 19.6. The number of carbonyl (C=O) groups excluding carboxylic acids is 1. The number of benzene rings is 2. The summed E-state index contributed by atoms with van der Waals surface area (Å²) in [4.78, 5) is 19.1. The minimum Gasteiger partial charge on any atom is -0.507 e. The molecule has 172 valence electrons. The smallest absolute Gasteiger partial charge is 0.307 e. The topological polar surface area (TPSA) is 154 Å². The van der Waals surface area contributed by atoms with Gasteiger partial charge in [-0.3, -0.25) is 4.79 Å². The molecule has 0 fully saturated rings. The number of nitrogens with zero attached hydrogens (tertiary/aromatic N) is 2. The van der Waals surface area contributed by atoms with Crippen molar-refractivity contribution < 1.29 is 27.8 Å². The molecule has 0 saturated carbocycles. The van der Waals surface area contributed by atoms with E-state index in [1.807, 2.05) is 13.0 Å². The van der Waals surface area contributed by atoms with E-state index in [2.05, 4.69) is 14.7 Å². The highest BCUT2D eigenvalue weighted by Crippen LogP contribution is 2.19. The number of hydrogen-bond acceptors (Lipinski definition) is 8. The molecule has 3 rings (SSSR count). The Bertz CT molecular complexity index is 1270. The maximum atomic E-state index is 12.3. The molecule has 0 aliphatic rings. The zero-order valence-electron chi connectivity index (χ0n) is 17.7. The van der Waals surface area contributed by atoms with Crippen LogP contribution in [0.5, 0.6) is 5.75 Å². The van der Waals surface area contributed by atoms with Gasteiger partial charge >= 0.3 is 5.97 Å². The third kappa shape index (κ3) is 6.09. The molecule has 1 aromatic heterocycles. The number of nitrogens with one attached hydrogen (secondary N) is 2. The molecule has 3 N–H and O–H groups in total. The van der Waals surface area contributed by atoms with Crippen molar-refractivity contribution in [2.24, 2.45) is 0 Å². The van der Waals surface area contributed by atoms with Gasteiger partial charge in [-0.1, -0.05) is 12.1 Å². The summed E-state index contributed by atoms with van der Waals surface area (Å²) in [7, 11) is -3.81. The Morgan fingerprint density at radius 3 is 2.61 bits per heavy atom. The number of hydrogen-bond donors (Lipinski definition) is 3.